The number of amides is 3. The van der Waals surface area contributed by atoms with Crippen molar-refractivity contribution in [3.05, 3.63) is 102 Å². The fourth-order valence-corrected chi connectivity index (χ4v) is 4.30. The molecule has 3 amide bonds. The Balaban J connectivity index is 1.32. The number of carbonyl (C=O) groups is 2. The summed E-state index contributed by atoms with van der Waals surface area (Å²) in [5, 5.41) is 8.86. The zero-order valence-electron chi connectivity index (χ0n) is 19.5. The van der Waals surface area contributed by atoms with Crippen LogP contribution in [0.1, 0.15) is 35.6 Å². The van der Waals surface area contributed by atoms with Crippen LogP contribution in [-0.2, 0) is 11.3 Å². The molecule has 34 heavy (non-hydrogen) atoms. The molecule has 1 aliphatic rings. The largest absolute Gasteiger partial charge is 0.335 e. The van der Waals surface area contributed by atoms with Crippen LogP contribution in [0.4, 0.5) is 10.5 Å². The van der Waals surface area contributed by atoms with Gasteiger partial charge in [-0.1, -0.05) is 72.8 Å². The number of piperidine rings is 1. The zero-order chi connectivity index (χ0) is 23.8. The van der Waals surface area contributed by atoms with Gasteiger partial charge in [-0.2, -0.15) is 0 Å². The predicted molar refractivity (Wildman–Crippen MR) is 135 cm³/mol. The number of carbonyl (C=O) groups excluding carboxylic acids is 2. The second-order valence-electron chi connectivity index (χ2n) is 8.79. The Bertz CT molecular complexity index is 1080. The van der Waals surface area contributed by atoms with E-state index in [-0.39, 0.29) is 18.0 Å². The molecule has 1 saturated heterocycles. The Morgan fingerprint density at radius 1 is 0.882 bits per heavy atom. The van der Waals surface area contributed by atoms with E-state index in [0.29, 0.717) is 5.69 Å². The zero-order valence-corrected chi connectivity index (χ0v) is 19.5. The third-order valence-corrected chi connectivity index (χ3v) is 6.29. The topological polar surface area (TPSA) is 73.5 Å². The quantitative estimate of drug-likeness (QED) is 0.485. The molecular weight excluding hydrogens is 424 g/mol. The minimum absolute atomic E-state index is 0.0849. The first-order valence-corrected chi connectivity index (χ1v) is 11.8. The molecule has 0 bridgehead atoms. The standard InChI is InChI=1S/C28H32N4O2/c1-21-10-8-9-13-23(21)20-32-18-16-25(17-19-32)30-28(34)31-26(22-11-4-2-5-12-22)27(33)29-24-14-6-3-7-15-24/h2-15,25-26H,16-20H2,1H3,(H,29,33)(H2,30,31,34). The minimum atomic E-state index is -0.789. The van der Waals surface area contributed by atoms with Gasteiger partial charge in [0.05, 0.1) is 0 Å². The second kappa shape index (κ2) is 11.5. The van der Waals surface area contributed by atoms with Crippen molar-refractivity contribution in [1.82, 2.24) is 15.5 Å². The fourth-order valence-electron chi connectivity index (χ4n) is 4.30. The molecule has 3 aromatic carbocycles. The Labute approximate surface area is 201 Å². The van der Waals surface area contributed by atoms with Crippen LogP contribution in [-0.4, -0.2) is 36.0 Å². The third-order valence-electron chi connectivity index (χ3n) is 6.29. The molecule has 6 nitrogen and oxygen atoms in total. The number of urea groups is 1. The van der Waals surface area contributed by atoms with Crippen molar-refractivity contribution in [3.63, 3.8) is 0 Å². The lowest BCUT2D eigenvalue weighted by atomic mass is 10.0. The average molecular weight is 457 g/mol. The van der Waals surface area contributed by atoms with E-state index in [2.05, 4.69) is 52.0 Å². The highest BCUT2D eigenvalue weighted by molar-refractivity contribution is 5.97. The van der Waals surface area contributed by atoms with E-state index >= 15 is 0 Å². The minimum Gasteiger partial charge on any atom is -0.335 e. The Hall–Kier alpha value is -3.64. The summed E-state index contributed by atoms with van der Waals surface area (Å²) >= 11 is 0. The maximum atomic E-state index is 13.0. The molecule has 3 N–H and O–H groups in total. The molecular formula is C28H32N4O2. The summed E-state index contributed by atoms with van der Waals surface area (Å²) in [6.45, 7) is 4.93. The SMILES string of the molecule is Cc1ccccc1CN1CCC(NC(=O)NC(C(=O)Nc2ccccc2)c2ccccc2)CC1. The molecule has 3 aromatic rings. The van der Waals surface area contributed by atoms with Crippen molar-refractivity contribution >= 4 is 17.6 Å². The van der Waals surface area contributed by atoms with Crippen LogP contribution in [0.3, 0.4) is 0 Å². The fraction of sp³-hybridized carbons (Fsp3) is 0.286. The van der Waals surface area contributed by atoms with Crippen LogP contribution >= 0.6 is 0 Å². The summed E-state index contributed by atoms with van der Waals surface area (Å²) < 4.78 is 0. The number of aryl methyl sites for hydroxylation is 1. The predicted octanol–water partition coefficient (Wildman–Crippen LogP) is 4.64. The van der Waals surface area contributed by atoms with Crippen LogP contribution in [0.2, 0.25) is 0 Å². The summed E-state index contributed by atoms with van der Waals surface area (Å²) in [6.07, 6.45) is 1.76. The molecule has 0 spiro atoms. The molecule has 0 aliphatic carbocycles. The van der Waals surface area contributed by atoms with Gasteiger partial charge in [0.25, 0.3) is 5.91 Å². The first-order valence-electron chi connectivity index (χ1n) is 11.8. The lowest BCUT2D eigenvalue weighted by Gasteiger charge is -2.33. The first-order chi connectivity index (χ1) is 16.6. The van der Waals surface area contributed by atoms with Gasteiger partial charge in [0, 0.05) is 31.4 Å². The lowest BCUT2D eigenvalue weighted by Crippen LogP contribution is -2.49. The van der Waals surface area contributed by atoms with E-state index in [1.165, 1.54) is 11.1 Å². The molecule has 1 atom stereocenters. The number of likely N-dealkylation sites (tertiary alicyclic amines) is 1. The van der Waals surface area contributed by atoms with Crippen molar-refractivity contribution in [2.24, 2.45) is 0 Å². The molecule has 176 valence electrons. The van der Waals surface area contributed by atoms with E-state index < -0.39 is 6.04 Å². The summed E-state index contributed by atoms with van der Waals surface area (Å²) in [4.78, 5) is 28.3. The second-order valence-corrected chi connectivity index (χ2v) is 8.79. The number of hydrogen-bond acceptors (Lipinski definition) is 3. The van der Waals surface area contributed by atoms with E-state index in [4.69, 9.17) is 0 Å². The molecule has 4 rings (SSSR count). The molecule has 0 aromatic heterocycles. The molecule has 1 fully saturated rings. The van der Waals surface area contributed by atoms with Gasteiger partial charge in [-0.15, -0.1) is 0 Å². The van der Waals surface area contributed by atoms with Gasteiger partial charge < -0.3 is 16.0 Å². The van der Waals surface area contributed by atoms with E-state index in [0.717, 1.165) is 38.0 Å². The highest BCUT2D eigenvalue weighted by Gasteiger charge is 2.26. The van der Waals surface area contributed by atoms with Crippen LogP contribution in [0, 0.1) is 6.92 Å². The van der Waals surface area contributed by atoms with Gasteiger partial charge in [0.1, 0.15) is 6.04 Å². The summed E-state index contributed by atoms with van der Waals surface area (Å²) in [5.41, 5.74) is 4.08. The smallest absolute Gasteiger partial charge is 0.315 e. The number of hydrogen-bond donors (Lipinski definition) is 3. The maximum absolute atomic E-state index is 13.0. The van der Waals surface area contributed by atoms with Gasteiger partial charge in [0.2, 0.25) is 0 Å². The Morgan fingerprint density at radius 3 is 2.18 bits per heavy atom. The average Bonchev–Trinajstić information content (AvgIpc) is 2.86. The van der Waals surface area contributed by atoms with Crippen molar-refractivity contribution in [3.8, 4) is 0 Å². The van der Waals surface area contributed by atoms with Crippen molar-refractivity contribution in [2.45, 2.75) is 38.4 Å². The highest BCUT2D eigenvalue weighted by Crippen LogP contribution is 2.18. The van der Waals surface area contributed by atoms with Crippen molar-refractivity contribution in [1.29, 1.82) is 0 Å². The van der Waals surface area contributed by atoms with Gasteiger partial charge in [-0.3, -0.25) is 9.69 Å². The first kappa shape index (κ1) is 23.5. The Kier molecular flexibility index (Phi) is 7.94. The summed E-state index contributed by atoms with van der Waals surface area (Å²) in [5.74, 6) is -0.277. The summed E-state index contributed by atoms with van der Waals surface area (Å²) in [6, 6.07) is 26.0. The van der Waals surface area contributed by atoms with Gasteiger partial charge >= 0.3 is 6.03 Å². The van der Waals surface area contributed by atoms with E-state index in [9.17, 15) is 9.59 Å². The molecule has 0 saturated carbocycles. The number of nitrogens with one attached hydrogen (secondary N) is 3. The van der Waals surface area contributed by atoms with Gasteiger partial charge in [-0.05, 0) is 48.6 Å². The number of nitrogens with zero attached hydrogens (tertiary/aromatic N) is 1. The highest BCUT2D eigenvalue weighted by atomic mass is 16.2. The van der Waals surface area contributed by atoms with Crippen LogP contribution < -0.4 is 16.0 Å². The Morgan fingerprint density at radius 2 is 1.50 bits per heavy atom. The third kappa shape index (κ3) is 6.45. The molecule has 1 heterocycles. The van der Waals surface area contributed by atoms with E-state index in [1.54, 1.807) is 0 Å². The molecule has 0 radical (unpaired) electrons. The number of anilines is 1. The number of rotatable bonds is 7. The molecule has 6 heteroatoms. The maximum Gasteiger partial charge on any atom is 0.315 e. The monoisotopic (exact) mass is 456 g/mol. The van der Waals surface area contributed by atoms with Crippen LogP contribution in [0.25, 0.3) is 0 Å². The van der Waals surface area contributed by atoms with Crippen LogP contribution in [0.15, 0.2) is 84.9 Å². The normalized spacial score (nSPS) is 15.3. The number of benzene rings is 3. The van der Waals surface area contributed by atoms with Crippen LogP contribution in [0.5, 0.6) is 0 Å². The van der Waals surface area contributed by atoms with Crippen molar-refractivity contribution in [2.75, 3.05) is 18.4 Å². The molecule has 1 unspecified atom stereocenters. The molecule has 1 aliphatic heterocycles. The summed E-state index contributed by atoms with van der Waals surface area (Å²) in [7, 11) is 0. The van der Waals surface area contributed by atoms with Gasteiger partial charge in [0.15, 0.2) is 0 Å². The van der Waals surface area contributed by atoms with E-state index in [1.807, 2.05) is 60.7 Å². The van der Waals surface area contributed by atoms with Crippen molar-refractivity contribution < 1.29 is 9.59 Å². The lowest BCUT2D eigenvalue weighted by molar-refractivity contribution is -0.118. The van der Waals surface area contributed by atoms with Gasteiger partial charge in [-0.25, -0.2) is 4.79 Å². The number of para-hydroxylation sites is 1.